The van der Waals surface area contributed by atoms with Crippen molar-refractivity contribution in [3.63, 3.8) is 0 Å². The summed E-state index contributed by atoms with van der Waals surface area (Å²) in [5.74, 6) is 4.38. The van der Waals surface area contributed by atoms with Crippen molar-refractivity contribution >= 4 is 0 Å². The number of aliphatic hydroxyl groups excluding tert-OH is 1. The fourth-order valence-electron chi connectivity index (χ4n) is 7.59. The highest BCUT2D eigenvalue weighted by molar-refractivity contribution is 5.39. The molecule has 162 valence electrons. The van der Waals surface area contributed by atoms with Crippen molar-refractivity contribution in [3.05, 3.63) is 35.5 Å². The van der Waals surface area contributed by atoms with Gasteiger partial charge in [0.25, 0.3) is 0 Å². The maximum Gasteiger partial charge on any atom is 0.0578 e. The minimum atomic E-state index is -0.116. The minimum Gasteiger partial charge on any atom is -0.393 e. The minimum absolute atomic E-state index is 0.116. The molecule has 0 unspecified atom stereocenters. The monoisotopic (exact) mass is 396 g/mol. The van der Waals surface area contributed by atoms with Gasteiger partial charge in [-0.3, -0.25) is 0 Å². The summed E-state index contributed by atoms with van der Waals surface area (Å²) < 4.78 is 0. The molecule has 3 fully saturated rings. The normalized spacial score (nSPS) is 44.0. The summed E-state index contributed by atoms with van der Waals surface area (Å²) >= 11 is 0. The van der Waals surface area contributed by atoms with Gasteiger partial charge in [-0.05, 0) is 91.3 Å². The van der Waals surface area contributed by atoms with Crippen molar-refractivity contribution in [1.29, 1.82) is 0 Å². The molecule has 0 saturated heterocycles. The number of aliphatic hydroxyl groups is 1. The lowest BCUT2D eigenvalue weighted by molar-refractivity contribution is 0.0382. The van der Waals surface area contributed by atoms with E-state index in [0.717, 1.165) is 36.5 Å². The molecule has 29 heavy (non-hydrogen) atoms. The van der Waals surface area contributed by atoms with Crippen molar-refractivity contribution in [2.45, 2.75) is 92.6 Å². The van der Waals surface area contributed by atoms with Gasteiger partial charge in [-0.25, -0.2) is 0 Å². The van der Waals surface area contributed by atoms with E-state index in [1.165, 1.54) is 37.7 Å². The smallest absolute Gasteiger partial charge is 0.0578 e. The van der Waals surface area contributed by atoms with Crippen LogP contribution in [-0.4, -0.2) is 11.2 Å². The Kier molecular flexibility index (Phi) is 5.69. The standard InChI is InChI=1S/C28H44O/c1-18(2)19(3)7-8-20(4)24-11-12-25-23-10-9-21-17-22(29)13-15-27(21,5)26(23)14-16-28(24,25)6/h7-10,18-20,22,24-26,29H,11-17H2,1-6H3/b8-7+/t19-,20+,22-,24-,25+,26-,27+,28-/m0/s1. The SMILES string of the molecule is CC(C)[C@@H](C)/C=C/[C@@H](C)[C@@H]1CC[C@@H]2C3=CC=C4C[C@@H](O)CC[C@@]4(C)[C@H]3CC[C@]21C. The van der Waals surface area contributed by atoms with Crippen LogP contribution in [0.3, 0.4) is 0 Å². The quantitative estimate of drug-likeness (QED) is 0.493. The summed E-state index contributed by atoms with van der Waals surface area (Å²) in [7, 11) is 0. The van der Waals surface area contributed by atoms with E-state index >= 15 is 0 Å². The van der Waals surface area contributed by atoms with Crippen LogP contribution >= 0.6 is 0 Å². The summed E-state index contributed by atoms with van der Waals surface area (Å²) in [6.07, 6.45) is 18.4. The van der Waals surface area contributed by atoms with Crippen molar-refractivity contribution < 1.29 is 5.11 Å². The zero-order valence-electron chi connectivity index (χ0n) is 19.7. The summed E-state index contributed by atoms with van der Waals surface area (Å²) in [6.45, 7) is 14.6. The van der Waals surface area contributed by atoms with E-state index in [2.05, 4.69) is 65.8 Å². The Morgan fingerprint density at radius 3 is 2.41 bits per heavy atom. The van der Waals surface area contributed by atoms with Crippen LogP contribution in [0.5, 0.6) is 0 Å². The second-order valence-corrected chi connectivity index (χ2v) is 11.9. The number of fused-ring (bicyclic) bond motifs is 5. The van der Waals surface area contributed by atoms with Crippen LogP contribution in [0.1, 0.15) is 86.5 Å². The average molecular weight is 397 g/mol. The van der Waals surface area contributed by atoms with Crippen LogP contribution in [-0.2, 0) is 0 Å². The van der Waals surface area contributed by atoms with Gasteiger partial charge in [0, 0.05) is 0 Å². The van der Waals surface area contributed by atoms with Crippen LogP contribution in [0.25, 0.3) is 0 Å². The van der Waals surface area contributed by atoms with Gasteiger partial charge < -0.3 is 5.11 Å². The average Bonchev–Trinajstić information content (AvgIpc) is 3.03. The summed E-state index contributed by atoms with van der Waals surface area (Å²) in [5.41, 5.74) is 4.07. The second kappa shape index (κ2) is 7.70. The van der Waals surface area contributed by atoms with Crippen molar-refractivity contribution in [3.8, 4) is 0 Å². The molecule has 4 rings (SSSR count). The Hall–Kier alpha value is -0.820. The Labute approximate surface area is 179 Å². The number of hydrogen-bond donors (Lipinski definition) is 1. The van der Waals surface area contributed by atoms with E-state index in [4.69, 9.17) is 0 Å². The number of allylic oxidation sites excluding steroid dienone is 5. The molecule has 0 aromatic heterocycles. The van der Waals surface area contributed by atoms with Gasteiger partial charge in [0.05, 0.1) is 6.10 Å². The van der Waals surface area contributed by atoms with Gasteiger partial charge in [0.15, 0.2) is 0 Å². The largest absolute Gasteiger partial charge is 0.393 e. The molecule has 8 atom stereocenters. The second-order valence-electron chi connectivity index (χ2n) is 11.9. The molecule has 1 heteroatoms. The molecule has 0 heterocycles. The van der Waals surface area contributed by atoms with E-state index < -0.39 is 0 Å². The summed E-state index contributed by atoms with van der Waals surface area (Å²) in [6, 6.07) is 0. The number of hydrogen-bond acceptors (Lipinski definition) is 1. The Morgan fingerprint density at radius 1 is 0.931 bits per heavy atom. The Balaban J connectivity index is 1.57. The van der Waals surface area contributed by atoms with Gasteiger partial charge in [0.1, 0.15) is 0 Å². The molecule has 0 amide bonds. The maximum absolute atomic E-state index is 10.2. The van der Waals surface area contributed by atoms with Gasteiger partial charge in [-0.2, -0.15) is 0 Å². The molecule has 0 aromatic rings. The Morgan fingerprint density at radius 2 is 1.69 bits per heavy atom. The topological polar surface area (TPSA) is 20.2 Å². The molecule has 0 aliphatic heterocycles. The molecule has 3 saturated carbocycles. The molecule has 0 bridgehead atoms. The van der Waals surface area contributed by atoms with Crippen LogP contribution in [0, 0.1) is 46.3 Å². The van der Waals surface area contributed by atoms with E-state index in [0.29, 0.717) is 22.7 Å². The van der Waals surface area contributed by atoms with Gasteiger partial charge >= 0.3 is 0 Å². The molecular weight excluding hydrogens is 352 g/mol. The van der Waals surface area contributed by atoms with E-state index in [-0.39, 0.29) is 6.10 Å². The highest BCUT2D eigenvalue weighted by atomic mass is 16.3. The first-order chi connectivity index (χ1) is 13.7. The molecule has 1 nitrogen and oxygen atoms in total. The van der Waals surface area contributed by atoms with Crippen LogP contribution in [0.15, 0.2) is 35.5 Å². The maximum atomic E-state index is 10.2. The number of rotatable bonds is 4. The van der Waals surface area contributed by atoms with E-state index in [1.54, 1.807) is 5.57 Å². The first-order valence-corrected chi connectivity index (χ1v) is 12.4. The first kappa shape index (κ1) is 21.4. The summed E-state index contributed by atoms with van der Waals surface area (Å²) in [4.78, 5) is 0. The lowest BCUT2D eigenvalue weighted by atomic mass is 9.50. The van der Waals surface area contributed by atoms with Crippen molar-refractivity contribution in [1.82, 2.24) is 0 Å². The van der Waals surface area contributed by atoms with Crippen LogP contribution in [0.2, 0.25) is 0 Å². The third kappa shape index (κ3) is 3.50. The van der Waals surface area contributed by atoms with E-state index in [9.17, 15) is 5.11 Å². The Bertz CT molecular complexity index is 712. The van der Waals surface area contributed by atoms with Crippen LogP contribution in [0.4, 0.5) is 0 Å². The predicted octanol–water partition coefficient (Wildman–Crippen LogP) is 7.33. The predicted molar refractivity (Wildman–Crippen MR) is 123 cm³/mol. The van der Waals surface area contributed by atoms with Gasteiger partial charge in [0.2, 0.25) is 0 Å². The lowest BCUT2D eigenvalue weighted by Crippen LogP contribution is -2.46. The van der Waals surface area contributed by atoms with Gasteiger partial charge in [-0.1, -0.05) is 77.0 Å². The highest BCUT2D eigenvalue weighted by Crippen LogP contribution is 2.65. The van der Waals surface area contributed by atoms with Gasteiger partial charge in [-0.15, -0.1) is 0 Å². The highest BCUT2D eigenvalue weighted by Gasteiger charge is 2.56. The fraction of sp³-hybridized carbons (Fsp3) is 0.786. The van der Waals surface area contributed by atoms with Crippen LogP contribution < -0.4 is 0 Å². The molecule has 1 N–H and O–H groups in total. The zero-order chi connectivity index (χ0) is 21.0. The third-order valence-electron chi connectivity index (χ3n) is 10.0. The van der Waals surface area contributed by atoms with Crippen molar-refractivity contribution in [2.24, 2.45) is 46.3 Å². The molecular formula is C28H44O. The zero-order valence-corrected chi connectivity index (χ0v) is 19.7. The molecule has 0 aromatic carbocycles. The lowest BCUT2D eigenvalue weighted by Gasteiger charge is -2.55. The molecule has 4 aliphatic carbocycles. The fourth-order valence-corrected chi connectivity index (χ4v) is 7.59. The summed E-state index contributed by atoms with van der Waals surface area (Å²) in [5, 5.41) is 10.2. The van der Waals surface area contributed by atoms with E-state index in [1.807, 2.05) is 0 Å². The third-order valence-corrected chi connectivity index (χ3v) is 10.0. The molecule has 0 radical (unpaired) electrons. The molecule has 0 spiro atoms. The molecule has 4 aliphatic rings. The first-order valence-electron chi connectivity index (χ1n) is 12.4. The van der Waals surface area contributed by atoms with Crippen molar-refractivity contribution in [2.75, 3.05) is 0 Å².